The van der Waals surface area contributed by atoms with Crippen molar-refractivity contribution in [3.63, 3.8) is 0 Å². The fourth-order valence-electron chi connectivity index (χ4n) is 5.41. The van der Waals surface area contributed by atoms with Gasteiger partial charge in [-0.3, -0.25) is 14.5 Å². The summed E-state index contributed by atoms with van der Waals surface area (Å²) in [6, 6.07) is 15.7. The molecule has 1 saturated carbocycles. The summed E-state index contributed by atoms with van der Waals surface area (Å²) in [6.07, 6.45) is 7.73. The molecule has 5 rings (SSSR count). The number of benzene rings is 2. The molecular weight excluding hydrogens is 417 g/mol. The maximum absolute atomic E-state index is 14.2. The number of fused-ring (bicyclic) bond motifs is 3. The smallest absolute Gasteiger partial charge is 0.275 e. The van der Waals surface area contributed by atoms with Crippen LogP contribution in [-0.4, -0.2) is 28.0 Å². The Balaban J connectivity index is 1.57. The number of anilines is 1. The van der Waals surface area contributed by atoms with Crippen LogP contribution in [0.4, 0.5) is 10.1 Å². The number of amides is 2. The van der Waals surface area contributed by atoms with Crippen molar-refractivity contribution in [3.8, 4) is 0 Å². The summed E-state index contributed by atoms with van der Waals surface area (Å²) in [4.78, 5) is 29.2. The van der Waals surface area contributed by atoms with Gasteiger partial charge in [0, 0.05) is 22.6 Å². The number of hydrogen-bond donors (Lipinski definition) is 1. The molecule has 3 aromatic rings. The first-order valence-corrected chi connectivity index (χ1v) is 12.0. The van der Waals surface area contributed by atoms with Crippen molar-refractivity contribution >= 4 is 28.4 Å². The van der Waals surface area contributed by atoms with E-state index in [-0.39, 0.29) is 17.9 Å². The lowest BCUT2D eigenvalue weighted by atomic mass is 9.91. The fourth-order valence-corrected chi connectivity index (χ4v) is 5.41. The average Bonchev–Trinajstić information content (AvgIpc) is 3.14. The first-order valence-electron chi connectivity index (χ1n) is 12.0. The highest BCUT2D eigenvalue weighted by molar-refractivity contribution is 6.14. The summed E-state index contributed by atoms with van der Waals surface area (Å²) in [5.41, 5.74) is 0.635. The van der Waals surface area contributed by atoms with Crippen molar-refractivity contribution in [3.05, 3.63) is 66.1 Å². The Bertz CT molecular complexity index is 1200. The summed E-state index contributed by atoms with van der Waals surface area (Å²) in [7, 11) is 0. The van der Waals surface area contributed by atoms with Gasteiger partial charge in [0.1, 0.15) is 17.1 Å². The van der Waals surface area contributed by atoms with E-state index in [4.69, 9.17) is 0 Å². The average molecular weight is 448 g/mol. The minimum atomic E-state index is -1.19. The quantitative estimate of drug-likeness (QED) is 0.582. The first kappa shape index (κ1) is 21.7. The number of nitrogens with one attached hydrogen (secondary N) is 1. The maximum Gasteiger partial charge on any atom is 0.275 e. The molecule has 0 bridgehead atoms. The van der Waals surface area contributed by atoms with Gasteiger partial charge in [0.05, 0.1) is 6.54 Å². The van der Waals surface area contributed by atoms with Crippen molar-refractivity contribution in [2.24, 2.45) is 0 Å². The molecule has 172 valence electrons. The predicted octanol–water partition coefficient (Wildman–Crippen LogP) is 5.43. The van der Waals surface area contributed by atoms with E-state index < -0.39 is 11.4 Å². The number of rotatable bonds is 3. The molecule has 2 heterocycles. The normalized spacial score (nSPS) is 22.0. The van der Waals surface area contributed by atoms with Crippen molar-refractivity contribution in [1.82, 2.24) is 9.88 Å². The maximum atomic E-state index is 14.2. The van der Waals surface area contributed by atoms with Crippen LogP contribution in [0.3, 0.4) is 0 Å². The van der Waals surface area contributed by atoms with Gasteiger partial charge in [0.15, 0.2) is 0 Å². The molecule has 0 saturated heterocycles. The molecular formula is C27H30FN3O2. The van der Waals surface area contributed by atoms with E-state index in [9.17, 15) is 14.0 Å². The molecule has 1 atom stereocenters. The Kier molecular flexibility index (Phi) is 5.69. The highest BCUT2D eigenvalue weighted by Crippen LogP contribution is 2.36. The van der Waals surface area contributed by atoms with Crippen LogP contribution in [0, 0.1) is 5.82 Å². The van der Waals surface area contributed by atoms with Gasteiger partial charge in [-0.05, 0) is 50.1 Å². The van der Waals surface area contributed by atoms with Crippen LogP contribution in [0.25, 0.3) is 10.9 Å². The Labute approximate surface area is 193 Å². The van der Waals surface area contributed by atoms with Crippen molar-refractivity contribution in [2.75, 3.05) is 4.90 Å². The molecule has 1 aliphatic carbocycles. The van der Waals surface area contributed by atoms with Gasteiger partial charge in [-0.25, -0.2) is 4.39 Å². The second kappa shape index (κ2) is 8.65. The van der Waals surface area contributed by atoms with Crippen molar-refractivity contribution in [1.29, 1.82) is 0 Å². The minimum Gasteiger partial charge on any atom is -0.351 e. The summed E-state index contributed by atoms with van der Waals surface area (Å²) in [5.74, 6) is -0.915. The zero-order chi connectivity index (χ0) is 23.0. The van der Waals surface area contributed by atoms with E-state index in [0.717, 1.165) is 36.6 Å². The molecule has 1 aliphatic heterocycles. The molecule has 6 heteroatoms. The number of para-hydroxylation sites is 1. The van der Waals surface area contributed by atoms with Gasteiger partial charge in [-0.2, -0.15) is 0 Å². The van der Waals surface area contributed by atoms with Crippen LogP contribution < -0.4 is 10.2 Å². The van der Waals surface area contributed by atoms with Gasteiger partial charge in [-0.15, -0.1) is 0 Å². The summed E-state index contributed by atoms with van der Waals surface area (Å²) >= 11 is 0. The van der Waals surface area contributed by atoms with Gasteiger partial charge in [-0.1, -0.05) is 56.4 Å². The van der Waals surface area contributed by atoms with Crippen molar-refractivity contribution < 1.29 is 14.0 Å². The van der Waals surface area contributed by atoms with Crippen LogP contribution >= 0.6 is 0 Å². The molecule has 2 aliphatic rings. The SMILES string of the molecule is CC1(C(=O)NC2CCCCCCC2)Cn2c(cc3ccccc32)C(=O)N1c1cccc(F)c1. The highest BCUT2D eigenvalue weighted by Gasteiger charge is 2.49. The molecule has 0 radical (unpaired) electrons. The van der Waals surface area contributed by atoms with Gasteiger partial charge in [0.2, 0.25) is 5.91 Å². The molecule has 2 aromatic carbocycles. The van der Waals surface area contributed by atoms with E-state index >= 15 is 0 Å². The van der Waals surface area contributed by atoms with Gasteiger partial charge < -0.3 is 9.88 Å². The molecule has 2 amide bonds. The Morgan fingerprint density at radius 2 is 1.73 bits per heavy atom. The largest absolute Gasteiger partial charge is 0.351 e. The number of nitrogens with zero attached hydrogens (tertiary/aromatic N) is 2. The number of aromatic nitrogens is 1. The lowest BCUT2D eigenvalue weighted by molar-refractivity contribution is -0.127. The molecule has 5 nitrogen and oxygen atoms in total. The molecule has 1 aromatic heterocycles. The monoisotopic (exact) mass is 447 g/mol. The molecule has 33 heavy (non-hydrogen) atoms. The first-order chi connectivity index (χ1) is 16.0. The zero-order valence-electron chi connectivity index (χ0n) is 19.0. The highest BCUT2D eigenvalue weighted by atomic mass is 19.1. The van der Waals surface area contributed by atoms with Crippen LogP contribution in [0.5, 0.6) is 0 Å². The van der Waals surface area contributed by atoms with Crippen LogP contribution in [-0.2, 0) is 11.3 Å². The topological polar surface area (TPSA) is 54.3 Å². The molecule has 1 fully saturated rings. The number of carbonyl (C=O) groups excluding carboxylic acids is 2. The third kappa shape index (κ3) is 3.92. The third-order valence-electron chi connectivity index (χ3n) is 7.19. The zero-order valence-corrected chi connectivity index (χ0v) is 19.0. The molecule has 1 unspecified atom stereocenters. The van der Waals surface area contributed by atoms with E-state index in [1.807, 2.05) is 34.9 Å². The van der Waals surface area contributed by atoms with Crippen LogP contribution in [0.15, 0.2) is 54.6 Å². The number of carbonyl (C=O) groups is 2. The minimum absolute atomic E-state index is 0.0990. The van der Waals surface area contributed by atoms with Crippen LogP contribution in [0.2, 0.25) is 0 Å². The molecule has 0 spiro atoms. The lowest BCUT2D eigenvalue weighted by Gasteiger charge is -2.44. The standard InChI is InChI=1S/C27H30FN3O2/c1-27(26(33)29-21-12-5-3-2-4-6-13-21)18-30-23-15-8-7-10-19(23)16-24(30)25(32)31(27)22-14-9-11-20(28)17-22/h7-11,14-17,21H,2-6,12-13,18H2,1H3,(H,29,33). The second-order valence-corrected chi connectivity index (χ2v) is 9.58. The summed E-state index contributed by atoms with van der Waals surface area (Å²) < 4.78 is 16.1. The Morgan fingerprint density at radius 3 is 2.48 bits per heavy atom. The van der Waals surface area contributed by atoms with Gasteiger partial charge >= 0.3 is 0 Å². The van der Waals surface area contributed by atoms with E-state index in [0.29, 0.717) is 17.9 Å². The van der Waals surface area contributed by atoms with E-state index in [2.05, 4.69) is 5.32 Å². The van der Waals surface area contributed by atoms with E-state index in [1.165, 1.54) is 36.3 Å². The van der Waals surface area contributed by atoms with Gasteiger partial charge in [0.25, 0.3) is 5.91 Å². The number of hydrogen-bond acceptors (Lipinski definition) is 2. The Morgan fingerprint density at radius 1 is 1.00 bits per heavy atom. The van der Waals surface area contributed by atoms with E-state index in [1.54, 1.807) is 19.1 Å². The van der Waals surface area contributed by atoms with Crippen LogP contribution in [0.1, 0.15) is 62.4 Å². The molecule has 1 N–H and O–H groups in total. The summed E-state index contributed by atoms with van der Waals surface area (Å²) in [5, 5.41) is 4.21. The summed E-state index contributed by atoms with van der Waals surface area (Å²) in [6.45, 7) is 2.10. The second-order valence-electron chi connectivity index (χ2n) is 9.58. The van der Waals surface area contributed by atoms with Crippen molar-refractivity contribution in [2.45, 2.75) is 70.0 Å². The number of halogens is 1. The predicted molar refractivity (Wildman–Crippen MR) is 128 cm³/mol. The lowest BCUT2D eigenvalue weighted by Crippen LogP contribution is -2.65. The Hall–Kier alpha value is -3.15. The fraction of sp³-hybridized carbons (Fsp3) is 0.407. The third-order valence-corrected chi connectivity index (χ3v) is 7.19.